The van der Waals surface area contributed by atoms with Gasteiger partial charge in [-0.3, -0.25) is 0 Å². The molecule has 0 aliphatic carbocycles. The third-order valence-corrected chi connectivity index (χ3v) is 5.39. The second kappa shape index (κ2) is 4.95. The highest BCUT2D eigenvalue weighted by Crippen LogP contribution is 2.29. The smallest absolute Gasteiger partial charge is 0.0385 e. The summed E-state index contributed by atoms with van der Waals surface area (Å²) in [5, 5.41) is 4.37. The van der Waals surface area contributed by atoms with E-state index in [4.69, 9.17) is 0 Å². The quantitative estimate of drug-likeness (QED) is 0.824. The SMILES string of the molecule is Cc1ccc(NC2CCSC2C)cc1I. The van der Waals surface area contributed by atoms with E-state index >= 15 is 0 Å². The molecule has 1 aromatic carbocycles. The van der Waals surface area contributed by atoms with Crippen LogP contribution in [-0.2, 0) is 0 Å². The highest BCUT2D eigenvalue weighted by atomic mass is 127. The van der Waals surface area contributed by atoms with E-state index in [2.05, 4.69) is 71.7 Å². The molecule has 15 heavy (non-hydrogen) atoms. The molecule has 2 rings (SSSR count). The Kier molecular flexibility index (Phi) is 3.83. The Balaban J connectivity index is 2.07. The summed E-state index contributed by atoms with van der Waals surface area (Å²) >= 11 is 4.46. The zero-order valence-electron chi connectivity index (χ0n) is 9.09. The minimum Gasteiger partial charge on any atom is -0.381 e. The highest BCUT2D eigenvalue weighted by Gasteiger charge is 2.23. The molecule has 1 aliphatic heterocycles. The van der Waals surface area contributed by atoms with Gasteiger partial charge in [0.05, 0.1) is 0 Å². The van der Waals surface area contributed by atoms with Crippen LogP contribution >= 0.6 is 34.4 Å². The maximum absolute atomic E-state index is 3.63. The molecule has 1 saturated heterocycles. The van der Waals surface area contributed by atoms with Crippen molar-refractivity contribution in [3.8, 4) is 0 Å². The van der Waals surface area contributed by atoms with E-state index in [1.54, 1.807) is 0 Å². The minimum atomic E-state index is 0.647. The molecule has 1 aromatic rings. The van der Waals surface area contributed by atoms with Gasteiger partial charge in [-0.25, -0.2) is 0 Å². The lowest BCUT2D eigenvalue weighted by Gasteiger charge is -2.18. The first-order chi connectivity index (χ1) is 7.16. The predicted molar refractivity (Wildman–Crippen MR) is 77.8 cm³/mol. The fourth-order valence-corrected chi connectivity index (χ4v) is 3.53. The lowest BCUT2D eigenvalue weighted by molar-refractivity contribution is 0.724. The van der Waals surface area contributed by atoms with Crippen LogP contribution in [0.4, 0.5) is 5.69 Å². The van der Waals surface area contributed by atoms with E-state index in [1.165, 1.54) is 27.0 Å². The zero-order valence-corrected chi connectivity index (χ0v) is 12.1. The molecular weight excluding hydrogens is 317 g/mol. The van der Waals surface area contributed by atoms with Gasteiger partial charge in [-0.15, -0.1) is 0 Å². The number of thioether (sulfide) groups is 1. The summed E-state index contributed by atoms with van der Waals surface area (Å²) in [5.74, 6) is 1.29. The van der Waals surface area contributed by atoms with Gasteiger partial charge >= 0.3 is 0 Å². The van der Waals surface area contributed by atoms with E-state index in [9.17, 15) is 0 Å². The van der Waals surface area contributed by atoms with Crippen molar-refractivity contribution in [1.82, 2.24) is 0 Å². The molecule has 1 fully saturated rings. The monoisotopic (exact) mass is 333 g/mol. The Bertz CT molecular complexity index is 353. The average molecular weight is 333 g/mol. The topological polar surface area (TPSA) is 12.0 Å². The predicted octanol–water partition coefficient (Wildman–Crippen LogP) is 3.91. The summed E-state index contributed by atoms with van der Waals surface area (Å²) in [5.41, 5.74) is 2.62. The molecule has 0 aromatic heterocycles. The number of hydrogen-bond acceptors (Lipinski definition) is 2. The molecule has 1 aliphatic rings. The Morgan fingerprint density at radius 1 is 1.47 bits per heavy atom. The molecular formula is C12H16INS. The molecule has 0 amide bonds. The molecule has 1 N–H and O–H groups in total. The maximum Gasteiger partial charge on any atom is 0.0385 e. The average Bonchev–Trinajstić information content (AvgIpc) is 2.59. The van der Waals surface area contributed by atoms with Crippen LogP contribution in [-0.4, -0.2) is 17.0 Å². The molecule has 2 unspecified atom stereocenters. The zero-order chi connectivity index (χ0) is 10.8. The lowest BCUT2D eigenvalue weighted by atomic mass is 10.1. The Morgan fingerprint density at radius 2 is 2.27 bits per heavy atom. The van der Waals surface area contributed by atoms with Crippen molar-refractivity contribution >= 4 is 40.0 Å². The number of hydrogen-bond donors (Lipinski definition) is 1. The van der Waals surface area contributed by atoms with Crippen LogP contribution in [0.1, 0.15) is 18.9 Å². The van der Waals surface area contributed by atoms with Crippen molar-refractivity contribution in [1.29, 1.82) is 0 Å². The highest BCUT2D eigenvalue weighted by molar-refractivity contribution is 14.1. The van der Waals surface area contributed by atoms with Crippen molar-refractivity contribution in [2.24, 2.45) is 0 Å². The fraction of sp³-hybridized carbons (Fsp3) is 0.500. The third-order valence-electron chi connectivity index (χ3n) is 2.90. The first kappa shape index (κ1) is 11.6. The number of nitrogens with one attached hydrogen (secondary N) is 1. The summed E-state index contributed by atoms with van der Waals surface area (Å²) < 4.78 is 1.34. The minimum absolute atomic E-state index is 0.647. The van der Waals surface area contributed by atoms with Gasteiger partial charge in [-0.1, -0.05) is 13.0 Å². The molecule has 1 heterocycles. The lowest BCUT2D eigenvalue weighted by Crippen LogP contribution is -2.24. The molecule has 82 valence electrons. The first-order valence-electron chi connectivity index (χ1n) is 5.31. The number of rotatable bonds is 2. The number of benzene rings is 1. The fourth-order valence-electron chi connectivity index (χ4n) is 1.82. The summed E-state index contributed by atoms with van der Waals surface area (Å²) in [6, 6.07) is 7.27. The van der Waals surface area contributed by atoms with Gasteiger partial charge in [0.15, 0.2) is 0 Å². The second-order valence-corrected chi connectivity index (χ2v) is 6.73. The number of halogens is 1. The van der Waals surface area contributed by atoms with Gasteiger partial charge in [0.1, 0.15) is 0 Å². The molecule has 0 radical (unpaired) electrons. The molecule has 0 saturated carbocycles. The van der Waals surface area contributed by atoms with Crippen molar-refractivity contribution in [2.75, 3.05) is 11.1 Å². The summed E-state index contributed by atoms with van der Waals surface area (Å²) in [7, 11) is 0. The van der Waals surface area contributed by atoms with E-state index in [1.807, 2.05) is 0 Å². The number of anilines is 1. The van der Waals surface area contributed by atoms with Gasteiger partial charge in [-0.2, -0.15) is 11.8 Å². The van der Waals surface area contributed by atoms with Gasteiger partial charge in [0.25, 0.3) is 0 Å². The normalized spacial score (nSPS) is 25.5. The molecule has 0 spiro atoms. The van der Waals surface area contributed by atoms with Gasteiger partial charge in [-0.05, 0) is 59.4 Å². The first-order valence-corrected chi connectivity index (χ1v) is 7.44. The van der Waals surface area contributed by atoms with Gasteiger partial charge < -0.3 is 5.32 Å². The summed E-state index contributed by atoms with van der Waals surface area (Å²) in [6.07, 6.45) is 1.29. The Morgan fingerprint density at radius 3 is 2.87 bits per heavy atom. The molecule has 2 atom stereocenters. The third kappa shape index (κ3) is 2.81. The van der Waals surface area contributed by atoms with Crippen LogP contribution < -0.4 is 5.32 Å². The van der Waals surface area contributed by atoms with Crippen LogP contribution in [0.5, 0.6) is 0 Å². The maximum atomic E-state index is 3.63. The van der Waals surface area contributed by atoms with Crippen molar-refractivity contribution in [2.45, 2.75) is 31.6 Å². The van der Waals surface area contributed by atoms with Gasteiger partial charge in [0.2, 0.25) is 0 Å². The summed E-state index contributed by atoms with van der Waals surface area (Å²) in [4.78, 5) is 0. The van der Waals surface area contributed by atoms with Crippen LogP contribution in [0.2, 0.25) is 0 Å². The van der Waals surface area contributed by atoms with Crippen LogP contribution in [0.15, 0.2) is 18.2 Å². The molecule has 0 bridgehead atoms. The van der Waals surface area contributed by atoms with E-state index < -0.39 is 0 Å². The van der Waals surface area contributed by atoms with Gasteiger partial charge in [0, 0.05) is 20.5 Å². The van der Waals surface area contributed by atoms with Crippen molar-refractivity contribution in [3.63, 3.8) is 0 Å². The van der Waals surface area contributed by atoms with Crippen LogP contribution in [0.25, 0.3) is 0 Å². The summed E-state index contributed by atoms with van der Waals surface area (Å²) in [6.45, 7) is 4.47. The van der Waals surface area contributed by atoms with Crippen LogP contribution in [0.3, 0.4) is 0 Å². The van der Waals surface area contributed by atoms with Crippen molar-refractivity contribution < 1.29 is 0 Å². The number of aryl methyl sites for hydroxylation is 1. The van der Waals surface area contributed by atoms with E-state index in [0.29, 0.717) is 6.04 Å². The van der Waals surface area contributed by atoms with Crippen molar-refractivity contribution in [3.05, 3.63) is 27.3 Å². The van der Waals surface area contributed by atoms with Crippen LogP contribution in [0, 0.1) is 10.5 Å². The van der Waals surface area contributed by atoms with E-state index in [-0.39, 0.29) is 0 Å². The Labute approximate surface area is 110 Å². The second-order valence-electron chi connectivity index (χ2n) is 4.08. The van der Waals surface area contributed by atoms with E-state index in [0.717, 1.165) is 5.25 Å². The molecule has 1 nitrogen and oxygen atoms in total. The standard InChI is InChI=1S/C12H16INS/c1-8-3-4-10(7-11(8)13)14-12-5-6-15-9(12)2/h3-4,7,9,12,14H,5-6H2,1-2H3. The Hall–Kier alpha value is 0.100. The molecule has 3 heteroatoms. The largest absolute Gasteiger partial charge is 0.381 e.